The van der Waals surface area contributed by atoms with Crippen LogP contribution in [0.2, 0.25) is 0 Å². The van der Waals surface area contributed by atoms with Gasteiger partial charge in [0.05, 0.1) is 19.3 Å². The van der Waals surface area contributed by atoms with Crippen molar-refractivity contribution in [2.45, 2.75) is 32.9 Å². The second-order valence-electron chi connectivity index (χ2n) is 8.77. The van der Waals surface area contributed by atoms with Crippen molar-refractivity contribution in [3.8, 4) is 22.9 Å². The van der Waals surface area contributed by atoms with Gasteiger partial charge in [0.1, 0.15) is 0 Å². The van der Waals surface area contributed by atoms with E-state index >= 15 is 0 Å². The molecule has 184 valence electrons. The van der Waals surface area contributed by atoms with Crippen LogP contribution in [0.5, 0.6) is 11.5 Å². The minimum Gasteiger partial charge on any atom is -0.493 e. The van der Waals surface area contributed by atoms with Crippen molar-refractivity contribution in [2.75, 3.05) is 33.3 Å². The Labute approximate surface area is 206 Å². The summed E-state index contributed by atoms with van der Waals surface area (Å²) in [7, 11) is 1.61. The normalized spacial score (nSPS) is 15.5. The molecule has 1 aromatic heterocycles. The molecule has 4 rings (SSSR count). The van der Waals surface area contributed by atoms with Crippen LogP contribution < -0.4 is 9.47 Å². The highest BCUT2D eigenvalue weighted by atomic mass is 16.5. The first-order valence-corrected chi connectivity index (χ1v) is 11.9. The summed E-state index contributed by atoms with van der Waals surface area (Å²) in [5.74, 6) is 2.50. The van der Waals surface area contributed by atoms with Crippen molar-refractivity contribution in [3.63, 3.8) is 0 Å². The van der Waals surface area contributed by atoms with Gasteiger partial charge in [-0.3, -0.25) is 9.69 Å². The van der Waals surface area contributed by atoms with Crippen LogP contribution in [0.4, 0.5) is 0 Å². The van der Waals surface area contributed by atoms with Crippen LogP contribution in [0.3, 0.4) is 0 Å². The predicted octanol–water partition coefficient (Wildman–Crippen LogP) is 4.45. The van der Waals surface area contributed by atoms with Crippen LogP contribution in [0.25, 0.3) is 17.5 Å². The van der Waals surface area contributed by atoms with Crippen LogP contribution >= 0.6 is 0 Å². The molecule has 1 unspecified atom stereocenters. The molecular weight excluding hydrogens is 444 g/mol. The molecule has 2 aromatic carbocycles. The number of amides is 1. The van der Waals surface area contributed by atoms with Crippen molar-refractivity contribution < 1.29 is 18.8 Å². The van der Waals surface area contributed by atoms with Gasteiger partial charge in [-0.25, -0.2) is 0 Å². The van der Waals surface area contributed by atoms with Crippen LogP contribution in [-0.2, 0) is 4.79 Å². The van der Waals surface area contributed by atoms with Gasteiger partial charge in [-0.15, -0.1) is 0 Å². The Kier molecular flexibility index (Phi) is 7.82. The summed E-state index contributed by atoms with van der Waals surface area (Å²) >= 11 is 0. The molecular formula is C27H32N4O4. The minimum atomic E-state index is -0.0215. The summed E-state index contributed by atoms with van der Waals surface area (Å²) < 4.78 is 16.7. The molecule has 0 spiro atoms. The smallest absolute Gasteiger partial charge is 0.246 e. The molecule has 1 fully saturated rings. The zero-order chi connectivity index (χ0) is 24.8. The quantitative estimate of drug-likeness (QED) is 0.444. The van der Waals surface area contributed by atoms with E-state index in [2.05, 4.69) is 22.0 Å². The molecule has 1 aliphatic heterocycles. The van der Waals surface area contributed by atoms with Crippen molar-refractivity contribution in [3.05, 3.63) is 66.1 Å². The number of nitrogens with zero attached hydrogens (tertiary/aromatic N) is 4. The molecule has 3 aromatic rings. The fourth-order valence-electron chi connectivity index (χ4n) is 4.01. The molecule has 0 N–H and O–H groups in total. The van der Waals surface area contributed by atoms with E-state index in [9.17, 15) is 4.79 Å². The van der Waals surface area contributed by atoms with Gasteiger partial charge in [0, 0.05) is 37.8 Å². The second-order valence-corrected chi connectivity index (χ2v) is 8.77. The maximum atomic E-state index is 12.8. The van der Waals surface area contributed by atoms with Crippen molar-refractivity contribution in [1.29, 1.82) is 0 Å². The van der Waals surface area contributed by atoms with E-state index in [1.54, 1.807) is 13.2 Å². The molecule has 35 heavy (non-hydrogen) atoms. The fraction of sp³-hybridized carbons (Fsp3) is 0.370. The number of carbonyl (C=O) groups excluding carboxylic acids is 1. The summed E-state index contributed by atoms with van der Waals surface area (Å²) in [4.78, 5) is 21.5. The third kappa shape index (κ3) is 6.08. The highest BCUT2D eigenvalue weighted by Crippen LogP contribution is 2.29. The van der Waals surface area contributed by atoms with Crippen LogP contribution in [-0.4, -0.2) is 65.2 Å². The summed E-state index contributed by atoms with van der Waals surface area (Å²) in [6.07, 6.45) is 3.47. The third-order valence-electron chi connectivity index (χ3n) is 5.97. The SMILES string of the molecule is COc1cc(/C=C/C(=O)N2CCN(C(C)c3nc(-c4ccccc4)no3)CC2)ccc1OC(C)C. The molecule has 8 heteroatoms. The molecule has 2 heterocycles. The van der Waals surface area contributed by atoms with E-state index in [-0.39, 0.29) is 18.1 Å². The number of ether oxygens (including phenoxy) is 2. The average Bonchev–Trinajstić information content (AvgIpc) is 3.38. The van der Waals surface area contributed by atoms with E-state index in [1.165, 1.54) is 0 Å². The topological polar surface area (TPSA) is 80.9 Å². The Hall–Kier alpha value is -3.65. The zero-order valence-electron chi connectivity index (χ0n) is 20.7. The molecule has 0 radical (unpaired) electrons. The molecule has 1 atom stereocenters. The van der Waals surface area contributed by atoms with Gasteiger partial charge in [-0.1, -0.05) is 41.6 Å². The first kappa shape index (κ1) is 24.5. The molecule has 8 nitrogen and oxygen atoms in total. The van der Waals surface area contributed by atoms with Gasteiger partial charge in [0.15, 0.2) is 11.5 Å². The summed E-state index contributed by atoms with van der Waals surface area (Å²) in [6.45, 7) is 8.74. The number of carbonyl (C=O) groups is 1. The van der Waals surface area contributed by atoms with Crippen LogP contribution in [0.1, 0.15) is 38.3 Å². The van der Waals surface area contributed by atoms with Gasteiger partial charge in [-0.2, -0.15) is 4.98 Å². The zero-order valence-corrected chi connectivity index (χ0v) is 20.7. The van der Waals surface area contributed by atoms with Crippen molar-refractivity contribution in [1.82, 2.24) is 19.9 Å². The molecule has 0 aliphatic carbocycles. The second kappa shape index (κ2) is 11.2. The maximum Gasteiger partial charge on any atom is 0.246 e. The average molecular weight is 477 g/mol. The van der Waals surface area contributed by atoms with E-state index < -0.39 is 0 Å². The first-order chi connectivity index (χ1) is 16.9. The number of aromatic nitrogens is 2. The summed E-state index contributed by atoms with van der Waals surface area (Å²) in [5.41, 5.74) is 1.81. The van der Waals surface area contributed by atoms with Crippen molar-refractivity contribution >= 4 is 12.0 Å². The Morgan fingerprint density at radius 1 is 1.03 bits per heavy atom. The van der Waals surface area contributed by atoms with Crippen LogP contribution in [0.15, 0.2) is 59.1 Å². The molecule has 0 bridgehead atoms. The Morgan fingerprint density at radius 3 is 2.46 bits per heavy atom. The van der Waals surface area contributed by atoms with Crippen LogP contribution in [0, 0.1) is 0 Å². The lowest BCUT2D eigenvalue weighted by Gasteiger charge is -2.36. The highest BCUT2D eigenvalue weighted by Gasteiger charge is 2.27. The highest BCUT2D eigenvalue weighted by molar-refractivity contribution is 5.92. The Balaban J connectivity index is 1.32. The number of rotatable bonds is 8. The lowest BCUT2D eigenvalue weighted by atomic mass is 10.1. The van der Waals surface area contributed by atoms with E-state index in [0.717, 1.165) is 24.2 Å². The molecule has 1 aliphatic rings. The first-order valence-electron chi connectivity index (χ1n) is 11.9. The number of hydrogen-bond acceptors (Lipinski definition) is 7. The lowest BCUT2D eigenvalue weighted by Crippen LogP contribution is -2.48. The summed E-state index contributed by atoms with van der Waals surface area (Å²) in [6, 6.07) is 15.4. The lowest BCUT2D eigenvalue weighted by molar-refractivity contribution is -0.128. The third-order valence-corrected chi connectivity index (χ3v) is 5.97. The van der Waals surface area contributed by atoms with E-state index in [4.69, 9.17) is 14.0 Å². The molecule has 1 amide bonds. The molecule has 1 saturated heterocycles. The van der Waals surface area contributed by atoms with E-state index in [0.29, 0.717) is 36.3 Å². The van der Waals surface area contributed by atoms with Gasteiger partial charge < -0.3 is 18.9 Å². The number of hydrogen-bond donors (Lipinski definition) is 0. The molecule has 0 saturated carbocycles. The van der Waals surface area contributed by atoms with Gasteiger partial charge in [-0.05, 0) is 44.5 Å². The fourth-order valence-corrected chi connectivity index (χ4v) is 4.01. The maximum absolute atomic E-state index is 12.8. The Morgan fingerprint density at radius 2 is 1.77 bits per heavy atom. The Bertz CT molecular complexity index is 1150. The van der Waals surface area contributed by atoms with Crippen molar-refractivity contribution in [2.24, 2.45) is 0 Å². The summed E-state index contributed by atoms with van der Waals surface area (Å²) in [5, 5.41) is 4.13. The monoisotopic (exact) mass is 476 g/mol. The number of benzene rings is 2. The van der Waals surface area contributed by atoms with Gasteiger partial charge in [0.25, 0.3) is 0 Å². The van der Waals surface area contributed by atoms with E-state index in [1.807, 2.05) is 73.4 Å². The predicted molar refractivity (Wildman–Crippen MR) is 134 cm³/mol. The van der Waals surface area contributed by atoms with Gasteiger partial charge >= 0.3 is 0 Å². The minimum absolute atomic E-state index is 0.0112. The number of piperazine rings is 1. The largest absolute Gasteiger partial charge is 0.493 e. The standard InChI is InChI=1S/C27H32N4O4/c1-19(2)34-23-12-10-21(18-24(23)33-4)11-13-25(32)31-16-14-30(15-17-31)20(3)27-28-26(29-35-27)22-8-6-5-7-9-22/h5-13,18-20H,14-17H2,1-4H3/b13-11+. The number of methoxy groups -OCH3 is 1. The van der Waals surface area contributed by atoms with Gasteiger partial charge in [0.2, 0.25) is 17.6 Å².